The maximum Gasteiger partial charge on any atom is 0.319 e. The van der Waals surface area contributed by atoms with Crippen LogP contribution in [0.15, 0.2) is 54.7 Å². The van der Waals surface area contributed by atoms with Crippen molar-refractivity contribution in [1.82, 2.24) is 10.3 Å². The third-order valence-corrected chi connectivity index (χ3v) is 5.09. The lowest BCUT2D eigenvalue weighted by atomic mass is 10.2. The van der Waals surface area contributed by atoms with E-state index in [4.69, 9.17) is 21.1 Å². The van der Waals surface area contributed by atoms with Gasteiger partial charge < -0.3 is 20.1 Å². The number of ketones is 1. The molecular weight excluding hydrogens is 430 g/mol. The topological polar surface area (TPSA) is 89.5 Å². The number of amides is 2. The van der Waals surface area contributed by atoms with Gasteiger partial charge in [0.2, 0.25) is 0 Å². The summed E-state index contributed by atoms with van der Waals surface area (Å²) in [5.74, 6) is 1.59. The molecule has 2 N–H and O–H groups in total. The van der Waals surface area contributed by atoms with Gasteiger partial charge >= 0.3 is 6.03 Å². The van der Waals surface area contributed by atoms with Crippen LogP contribution in [-0.4, -0.2) is 23.9 Å². The minimum absolute atomic E-state index is 0.0403. The number of rotatable bonds is 8. The van der Waals surface area contributed by atoms with Crippen molar-refractivity contribution in [3.8, 4) is 17.2 Å². The summed E-state index contributed by atoms with van der Waals surface area (Å²) < 4.78 is 11.1. The number of carbonyl (C=O) groups is 2. The molecule has 0 radical (unpaired) electrons. The zero-order valence-electron chi connectivity index (χ0n) is 18.1. The lowest BCUT2D eigenvalue weighted by Crippen LogP contribution is -2.28. The first-order valence-electron chi connectivity index (χ1n) is 10.0. The molecule has 0 unspecified atom stereocenters. The van der Waals surface area contributed by atoms with E-state index in [9.17, 15) is 9.59 Å². The molecule has 0 aliphatic rings. The molecule has 32 heavy (non-hydrogen) atoms. The Balaban J connectivity index is 1.57. The van der Waals surface area contributed by atoms with Crippen molar-refractivity contribution < 1.29 is 19.1 Å². The number of aromatic nitrogens is 1. The Labute approximate surface area is 191 Å². The van der Waals surface area contributed by atoms with E-state index in [0.717, 1.165) is 11.1 Å². The number of aryl methyl sites for hydroxylation is 1. The second-order valence-corrected chi connectivity index (χ2v) is 7.42. The highest BCUT2D eigenvalue weighted by atomic mass is 35.5. The molecule has 0 saturated carbocycles. The van der Waals surface area contributed by atoms with Gasteiger partial charge in [0.25, 0.3) is 0 Å². The SMILES string of the molecule is CCC(=O)c1cc(Oc2ccc(CNC(=O)Nc3cc(C)c(Cl)cc3OC)cc2)ccn1. The normalized spacial score (nSPS) is 10.4. The Morgan fingerprint density at radius 3 is 2.50 bits per heavy atom. The van der Waals surface area contributed by atoms with Gasteiger partial charge in [-0.2, -0.15) is 0 Å². The highest BCUT2D eigenvalue weighted by Crippen LogP contribution is 2.30. The maximum absolute atomic E-state index is 12.3. The smallest absolute Gasteiger partial charge is 0.319 e. The summed E-state index contributed by atoms with van der Waals surface area (Å²) in [6.07, 6.45) is 1.93. The molecule has 3 rings (SSSR count). The van der Waals surface area contributed by atoms with Gasteiger partial charge in [0.05, 0.1) is 12.8 Å². The summed E-state index contributed by atoms with van der Waals surface area (Å²) in [5.41, 5.74) is 2.64. The minimum atomic E-state index is -0.366. The maximum atomic E-state index is 12.3. The van der Waals surface area contributed by atoms with Gasteiger partial charge in [-0.05, 0) is 42.3 Å². The van der Waals surface area contributed by atoms with Crippen molar-refractivity contribution in [3.05, 3.63) is 76.6 Å². The molecular formula is C24H24ClN3O4. The number of nitrogens with zero attached hydrogens (tertiary/aromatic N) is 1. The molecule has 7 nitrogen and oxygen atoms in total. The van der Waals surface area contributed by atoms with Gasteiger partial charge in [0.15, 0.2) is 5.78 Å². The van der Waals surface area contributed by atoms with Crippen LogP contribution in [0.25, 0.3) is 0 Å². The number of pyridine rings is 1. The molecule has 0 atom stereocenters. The molecule has 0 saturated heterocycles. The van der Waals surface area contributed by atoms with E-state index in [1.165, 1.54) is 7.11 Å². The summed E-state index contributed by atoms with van der Waals surface area (Å²) in [7, 11) is 1.52. The van der Waals surface area contributed by atoms with Crippen LogP contribution in [-0.2, 0) is 6.54 Å². The Hall–Kier alpha value is -3.58. The van der Waals surface area contributed by atoms with E-state index in [0.29, 0.717) is 46.6 Å². The summed E-state index contributed by atoms with van der Waals surface area (Å²) in [4.78, 5) is 28.2. The molecule has 2 amide bonds. The fourth-order valence-electron chi connectivity index (χ4n) is 2.90. The van der Waals surface area contributed by atoms with Crippen LogP contribution in [0.2, 0.25) is 5.02 Å². The average Bonchev–Trinajstić information content (AvgIpc) is 2.80. The van der Waals surface area contributed by atoms with E-state index in [2.05, 4.69) is 15.6 Å². The van der Waals surface area contributed by atoms with Crippen molar-refractivity contribution >= 4 is 29.1 Å². The van der Waals surface area contributed by atoms with Crippen LogP contribution in [0.3, 0.4) is 0 Å². The number of nitrogens with one attached hydrogen (secondary N) is 2. The van der Waals surface area contributed by atoms with Gasteiger partial charge in [-0.25, -0.2) is 4.79 Å². The average molecular weight is 454 g/mol. The van der Waals surface area contributed by atoms with Crippen molar-refractivity contribution in [1.29, 1.82) is 0 Å². The van der Waals surface area contributed by atoms with E-state index in [-0.39, 0.29) is 11.8 Å². The molecule has 0 spiro atoms. The first-order valence-corrected chi connectivity index (χ1v) is 10.4. The van der Waals surface area contributed by atoms with E-state index in [1.54, 1.807) is 49.5 Å². The molecule has 166 valence electrons. The highest BCUT2D eigenvalue weighted by molar-refractivity contribution is 6.31. The van der Waals surface area contributed by atoms with Gasteiger partial charge in [-0.15, -0.1) is 0 Å². The number of benzene rings is 2. The fourth-order valence-corrected chi connectivity index (χ4v) is 3.05. The molecule has 0 fully saturated rings. The van der Waals surface area contributed by atoms with E-state index < -0.39 is 0 Å². The van der Waals surface area contributed by atoms with Crippen molar-refractivity contribution in [2.24, 2.45) is 0 Å². The third-order valence-electron chi connectivity index (χ3n) is 4.68. The van der Waals surface area contributed by atoms with Gasteiger partial charge in [0.1, 0.15) is 22.9 Å². The lowest BCUT2D eigenvalue weighted by Gasteiger charge is -2.13. The summed E-state index contributed by atoms with van der Waals surface area (Å²) in [6, 6.07) is 13.7. The van der Waals surface area contributed by atoms with Gasteiger partial charge in [0, 0.05) is 36.3 Å². The number of carbonyl (C=O) groups excluding carboxylic acids is 2. The van der Waals surface area contributed by atoms with E-state index >= 15 is 0 Å². The van der Waals surface area contributed by atoms with Crippen molar-refractivity contribution in [2.45, 2.75) is 26.8 Å². The standard InChI is InChI=1S/C24H24ClN3O4/c1-4-22(29)20-12-18(9-10-26-20)32-17-7-5-16(6-8-17)14-27-24(30)28-21-11-15(2)19(25)13-23(21)31-3/h5-13H,4,14H2,1-3H3,(H2,27,28,30). The first kappa shape index (κ1) is 23.1. The molecule has 8 heteroatoms. The van der Waals surface area contributed by atoms with Crippen LogP contribution < -0.4 is 20.1 Å². The van der Waals surface area contributed by atoms with Crippen LogP contribution >= 0.6 is 11.6 Å². The molecule has 1 aromatic heterocycles. The molecule has 0 aliphatic carbocycles. The monoisotopic (exact) mass is 453 g/mol. The second-order valence-electron chi connectivity index (χ2n) is 7.01. The minimum Gasteiger partial charge on any atom is -0.495 e. The summed E-state index contributed by atoms with van der Waals surface area (Å²) in [5, 5.41) is 6.14. The number of methoxy groups -OCH3 is 1. The predicted octanol–water partition coefficient (Wildman–Crippen LogP) is 5.76. The van der Waals surface area contributed by atoms with E-state index in [1.807, 2.05) is 19.1 Å². The second kappa shape index (κ2) is 10.6. The number of urea groups is 1. The van der Waals surface area contributed by atoms with Crippen LogP contribution in [0.4, 0.5) is 10.5 Å². The van der Waals surface area contributed by atoms with Crippen LogP contribution in [0.1, 0.15) is 35.0 Å². The van der Waals surface area contributed by atoms with Gasteiger partial charge in [-0.3, -0.25) is 9.78 Å². The van der Waals surface area contributed by atoms with Crippen LogP contribution in [0, 0.1) is 6.92 Å². The quantitative estimate of drug-likeness (QED) is 0.423. The molecule has 1 heterocycles. The van der Waals surface area contributed by atoms with Crippen molar-refractivity contribution in [2.75, 3.05) is 12.4 Å². The third kappa shape index (κ3) is 5.98. The zero-order valence-corrected chi connectivity index (χ0v) is 18.8. The number of hydrogen-bond donors (Lipinski definition) is 2. The zero-order chi connectivity index (χ0) is 23.1. The lowest BCUT2D eigenvalue weighted by molar-refractivity contribution is 0.0983. The predicted molar refractivity (Wildman–Crippen MR) is 124 cm³/mol. The van der Waals surface area contributed by atoms with Crippen LogP contribution in [0.5, 0.6) is 17.2 Å². The first-order chi connectivity index (χ1) is 15.4. The molecule has 0 aliphatic heterocycles. The Morgan fingerprint density at radius 2 is 1.81 bits per heavy atom. The number of halogens is 1. The number of ether oxygens (including phenoxy) is 2. The number of hydrogen-bond acceptors (Lipinski definition) is 5. The Bertz CT molecular complexity index is 1120. The van der Waals surface area contributed by atoms with Gasteiger partial charge in [-0.1, -0.05) is 30.7 Å². The summed E-state index contributed by atoms with van der Waals surface area (Å²) >= 11 is 6.10. The fraction of sp³-hybridized carbons (Fsp3) is 0.208. The summed E-state index contributed by atoms with van der Waals surface area (Å²) in [6.45, 7) is 3.96. The van der Waals surface area contributed by atoms with Crippen molar-refractivity contribution in [3.63, 3.8) is 0 Å². The molecule has 0 bridgehead atoms. The molecule has 2 aromatic carbocycles. The number of anilines is 1. The highest BCUT2D eigenvalue weighted by Gasteiger charge is 2.11. The largest absolute Gasteiger partial charge is 0.495 e. The Kier molecular flexibility index (Phi) is 7.68. The number of Topliss-reactive ketones (excluding diaryl/α,β-unsaturated/α-hetero) is 1. The molecule has 3 aromatic rings. The Morgan fingerprint density at radius 1 is 1.06 bits per heavy atom.